The Hall–Kier alpha value is -0.490. The van der Waals surface area contributed by atoms with Gasteiger partial charge in [0.25, 0.3) is 0 Å². The van der Waals surface area contributed by atoms with Gasteiger partial charge in [-0.15, -0.1) is 11.3 Å². The molecule has 4 nitrogen and oxygen atoms in total. The van der Waals surface area contributed by atoms with E-state index in [1.807, 2.05) is 6.92 Å². The summed E-state index contributed by atoms with van der Waals surface area (Å²) in [7, 11) is 1.71. The topological polar surface area (TPSA) is 43.4 Å². The molecule has 0 aliphatic heterocycles. The van der Waals surface area contributed by atoms with Crippen molar-refractivity contribution < 1.29 is 9.47 Å². The molecule has 0 unspecified atom stereocenters. The Labute approximate surface area is 101 Å². The molecule has 0 saturated heterocycles. The lowest BCUT2D eigenvalue weighted by atomic mass is 10.4. The molecule has 1 heterocycles. The molecule has 5 heteroatoms. The van der Waals surface area contributed by atoms with Crippen molar-refractivity contribution >= 4 is 11.3 Å². The quantitative estimate of drug-likeness (QED) is 0.670. The van der Waals surface area contributed by atoms with E-state index in [2.05, 4.69) is 15.7 Å². The van der Waals surface area contributed by atoms with Crippen LogP contribution in [-0.4, -0.2) is 38.5 Å². The van der Waals surface area contributed by atoms with Gasteiger partial charge in [0.1, 0.15) is 0 Å². The van der Waals surface area contributed by atoms with Crippen LogP contribution in [0.5, 0.6) is 0 Å². The molecular weight excluding hydrogens is 224 g/mol. The van der Waals surface area contributed by atoms with Crippen molar-refractivity contribution in [2.24, 2.45) is 0 Å². The Balaban J connectivity index is 1.88. The lowest BCUT2D eigenvalue weighted by molar-refractivity contribution is 0.104. The number of thiazole rings is 1. The fourth-order valence-corrected chi connectivity index (χ4v) is 1.87. The van der Waals surface area contributed by atoms with Gasteiger partial charge in [-0.3, -0.25) is 0 Å². The van der Waals surface area contributed by atoms with Crippen molar-refractivity contribution in [3.8, 4) is 0 Å². The summed E-state index contributed by atoms with van der Waals surface area (Å²) in [5.41, 5.74) is 1.11. The molecule has 1 N–H and O–H groups in total. The van der Waals surface area contributed by atoms with Crippen LogP contribution in [0.1, 0.15) is 17.1 Å². The first-order valence-electron chi connectivity index (χ1n) is 5.51. The van der Waals surface area contributed by atoms with Gasteiger partial charge in [0.2, 0.25) is 0 Å². The minimum atomic E-state index is 0.743. The number of ether oxygens (including phenoxy) is 2. The van der Waals surface area contributed by atoms with E-state index in [0.717, 1.165) is 50.0 Å². The highest BCUT2D eigenvalue weighted by molar-refractivity contribution is 7.09. The zero-order valence-electron chi connectivity index (χ0n) is 9.99. The van der Waals surface area contributed by atoms with Gasteiger partial charge < -0.3 is 14.8 Å². The zero-order valence-corrected chi connectivity index (χ0v) is 10.8. The van der Waals surface area contributed by atoms with Gasteiger partial charge in [0, 0.05) is 38.8 Å². The number of aromatic nitrogens is 1. The summed E-state index contributed by atoms with van der Waals surface area (Å²) in [5.74, 6) is 0. The summed E-state index contributed by atoms with van der Waals surface area (Å²) in [4.78, 5) is 4.37. The van der Waals surface area contributed by atoms with Crippen molar-refractivity contribution in [3.05, 3.63) is 16.1 Å². The fraction of sp³-hybridized carbons (Fsp3) is 0.727. The number of nitrogens with one attached hydrogen (secondary N) is 1. The maximum absolute atomic E-state index is 5.42. The van der Waals surface area contributed by atoms with E-state index >= 15 is 0 Å². The first-order chi connectivity index (χ1) is 7.83. The summed E-state index contributed by atoms with van der Waals surface area (Å²) in [6.07, 6.45) is 0.960. The lowest BCUT2D eigenvalue weighted by Crippen LogP contribution is -2.19. The molecule has 1 aromatic heterocycles. The summed E-state index contributed by atoms with van der Waals surface area (Å²) >= 11 is 1.69. The van der Waals surface area contributed by atoms with Gasteiger partial charge in [0.15, 0.2) is 0 Å². The Kier molecular flexibility index (Phi) is 7.33. The van der Waals surface area contributed by atoms with Crippen molar-refractivity contribution in [3.63, 3.8) is 0 Å². The first kappa shape index (κ1) is 13.6. The average molecular weight is 244 g/mol. The third-order valence-electron chi connectivity index (χ3n) is 2.03. The Morgan fingerprint density at radius 2 is 2.25 bits per heavy atom. The maximum Gasteiger partial charge on any atom is 0.0897 e. The second-order valence-corrected chi connectivity index (χ2v) is 4.56. The van der Waals surface area contributed by atoms with Crippen LogP contribution in [0.15, 0.2) is 5.38 Å². The Bertz CT molecular complexity index is 279. The van der Waals surface area contributed by atoms with Gasteiger partial charge in [-0.1, -0.05) is 0 Å². The van der Waals surface area contributed by atoms with Crippen molar-refractivity contribution in [2.75, 3.05) is 33.5 Å². The number of nitrogens with zero attached hydrogens (tertiary/aromatic N) is 1. The summed E-state index contributed by atoms with van der Waals surface area (Å²) in [6.45, 7) is 5.99. The maximum atomic E-state index is 5.42. The van der Waals surface area contributed by atoms with Crippen LogP contribution in [-0.2, 0) is 16.0 Å². The summed E-state index contributed by atoms with van der Waals surface area (Å²) < 4.78 is 10.3. The highest BCUT2D eigenvalue weighted by Gasteiger charge is 1.96. The Morgan fingerprint density at radius 3 is 2.94 bits per heavy atom. The molecule has 0 fully saturated rings. The van der Waals surface area contributed by atoms with Gasteiger partial charge in [-0.2, -0.15) is 0 Å². The molecule has 0 bridgehead atoms. The van der Waals surface area contributed by atoms with Gasteiger partial charge in [0.05, 0.1) is 17.3 Å². The first-order valence-corrected chi connectivity index (χ1v) is 6.39. The molecule has 0 saturated carbocycles. The SMILES string of the molecule is COCCCOCCNCc1csc(C)n1. The third kappa shape index (κ3) is 6.17. The van der Waals surface area contributed by atoms with E-state index < -0.39 is 0 Å². The van der Waals surface area contributed by atoms with Crippen LogP contribution in [0.3, 0.4) is 0 Å². The van der Waals surface area contributed by atoms with Crippen LogP contribution in [0, 0.1) is 6.92 Å². The van der Waals surface area contributed by atoms with Crippen LogP contribution in [0.4, 0.5) is 0 Å². The molecule has 0 spiro atoms. The smallest absolute Gasteiger partial charge is 0.0897 e. The second kappa shape index (κ2) is 8.64. The molecule has 0 atom stereocenters. The number of hydrogen-bond acceptors (Lipinski definition) is 5. The molecule has 0 radical (unpaired) electrons. The normalized spacial score (nSPS) is 10.9. The summed E-state index contributed by atoms with van der Waals surface area (Å²) in [6, 6.07) is 0. The summed E-state index contributed by atoms with van der Waals surface area (Å²) in [5, 5.41) is 6.50. The molecule has 0 aliphatic rings. The predicted molar refractivity (Wildman–Crippen MR) is 65.9 cm³/mol. The third-order valence-corrected chi connectivity index (χ3v) is 2.86. The molecule has 1 rings (SSSR count). The lowest BCUT2D eigenvalue weighted by Gasteiger charge is -2.04. The number of rotatable bonds is 9. The molecule has 16 heavy (non-hydrogen) atoms. The molecule has 1 aromatic rings. The molecule has 0 aromatic carbocycles. The average Bonchev–Trinajstić information content (AvgIpc) is 2.68. The molecule has 92 valence electrons. The van der Waals surface area contributed by atoms with Crippen LogP contribution < -0.4 is 5.32 Å². The largest absolute Gasteiger partial charge is 0.385 e. The predicted octanol–water partition coefficient (Wildman–Crippen LogP) is 1.59. The van der Waals surface area contributed by atoms with Crippen LogP contribution in [0.25, 0.3) is 0 Å². The van der Waals surface area contributed by atoms with Crippen LogP contribution >= 0.6 is 11.3 Å². The van der Waals surface area contributed by atoms with E-state index in [1.165, 1.54) is 0 Å². The van der Waals surface area contributed by atoms with Crippen molar-refractivity contribution in [1.29, 1.82) is 0 Å². The van der Waals surface area contributed by atoms with Gasteiger partial charge >= 0.3 is 0 Å². The minimum absolute atomic E-state index is 0.743. The van der Waals surface area contributed by atoms with Crippen molar-refractivity contribution in [2.45, 2.75) is 19.9 Å². The zero-order chi connectivity index (χ0) is 11.6. The fourth-order valence-electron chi connectivity index (χ4n) is 1.26. The molecular formula is C11H20N2O2S. The van der Waals surface area contributed by atoms with E-state index in [0.29, 0.717) is 0 Å². The van der Waals surface area contributed by atoms with Gasteiger partial charge in [-0.25, -0.2) is 4.98 Å². The van der Waals surface area contributed by atoms with E-state index in [1.54, 1.807) is 18.4 Å². The second-order valence-electron chi connectivity index (χ2n) is 3.49. The number of aryl methyl sites for hydroxylation is 1. The van der Waals surface area contributed by atoms with E-state index in [-0.39, 0.29) is 0 Å². The van der Waals surface area contributed by atoms with E-state index in [4.69, 9.17) is 9.47 Å². The number of hydrogen-bond donors (Lipinski definition) is 1. The highest BCUT2D eigenvalue weighted by Crippen LogP contribution is 2.06. The van der Waals surface area contributed by atoms with Crippen LogP contribution in [0.2, 0.25) is 0 Å². The van der Waals surface area contributed by atoms with Gasteiger partial charge in [-0.05, 0) is 13.3 Å². The molecule has 0 amide bonds. The monoisotopic (exact) mass is 244 g/mol. The molecule has 0 aliphatic carbocycles. The Morgan fingerprint density at radius 1 is 1.38 bits per heavy atom. The highest BCUT2D eigenvalue weighted by atomic mass is 32.1. The minimum Gasteiger partial charge on any atom is -0.385 e. The number of methoxy groups -OCH3 is 1. The van der Waals surface area contributed by atoms with Crippen molar-refractivity contribution in [1.82, 2.24) is 10.3 Å². The standard InChI is InChI=1S/C11H20N2O2S/c1-10-13-11(9-16-10)8-12-4-7-15-6-3-5-14-2/h9,12H,3-8H2,1-2H3. The van der Waals surface area contributed by atoms with E-state index in [9.17, 15) is 0 Å².